The summed E-state index contributed by atoms with van der Waals surface area (Å²) in [6.07, 6.45) is -0.721. The molecule has 5 nitrogen and oxygen atoms in total. The van der Waals surface area contributed by atoms with E-state index < -0.39 is 12.1 Å². The fraction of sp³-hybridized carbons (Fsp3) is 0.167. The van der Waals surface area contributed by atoms with E-state index in [1.54, 1.807) is 25.1 Å². The molecule has 0 radical (unpaired) electrons. The van der Waals surface area contributed by atoms with Crippen LogP contribution >= 0.6 is 23.2 Å². The van der Waals surface area contributed by atoms with Crippen LogP contribution in [-0.4, -0.2) is 16.2 Å². The number of ether oxygens (including phenoxy) is 1. The number of hydrogen-bond donors (Lipinski definition) is 0. The Balaban J connectivity index is 1.67. The van der Waals surface area contributed by atoms with E-state index in [0.29, 0.717) is 21.5 Å². The first-order chi connectivity index (χ1) is 12.0. The molecule has 1 aromatic heterocycles. The molecule has 0 unspecified atom stereocenters. The monoisotopic (exact) mass is 376 g/mol. The number of rotatable bonds is 5. The summed E-state index contributed by atoms with van der Waals surface area (Å²) in [5.41, 5.74) is 1.32. The van der Waals surface area contributed by atoms with E-state index >= 15 is 0 Å². The average Bonchev–Trinajstić information content (AvgIpc) is 3.09. The van der Waals surface area contributed by atoms with Crippen LogP contribution in [0.25, 0.3) is 11.5 Å². The largest absolute Gasteiger partial charge is 0.452 e. The molecule has 3 aromatic rings. The Kier molecular flexibility index (Phi) is 5.36. The Bertz CT molecular complexity index is 861. The van der Waals surface area contributed by atoms with Gasteiger partial charge in [-0.3, -0.25) is 4.79 Å². The highest BCUT2D eigenvalue weighted by Crippen LogP contribution is 2.26. The number of benzene rings is 2. The highest BCUT2D eigenvalue weighted by atomic mass is 35.5. The molecule has 128 valence electrons. The van der Waals surface area contributed by atoms with Gasteiger partial charge in [0.25, 0.3) is 5.89 Å². The summed E-state index contributed by atoms with van der Waals surface area (Å²) >= 11 is 12.1. The van der Waals surface area contributed by atoms with Gasteiger partial charge in [0, 0.05) is 21.2 Å². The van der Waals surface area contributed by atoms with Crippen molar-refractivity contribution in [2.24, 2.45) is 0 Å². The first kappa shape index (κ1) is 17.5. The highest BCUT2D eigenvalue weighted by molar-refractivity contribution is 6.36. The van der Waals surface area contributed by atoms with Crippen LogP contribution < -0.4 is 0 Å². The van der Waals surface area contributed by atoms with Crippen molar-refractivity contribution in [3.05, 3.63) is 70.0 Å². The molecule has 0 saturated heterocycles. The van der Waals surface area contributed by atoms with E-state index in [2.05, 4.69) is 10.2 Å². The van der Waals surface area contributed by atoms with Crippen LogP contribution in [0.2, 0.25) is 10.0 Å². The molecule has 25 heavy (non-hydrogen) atoms. The maximum absolute atomic E-state index is 12.1. The van der Waals surface area contributed by atoms with Gasteiger partial charge in [0.15, 0.2) is 6.10 Å². The third-order valence-corrected chi connectivity index (χ3v) is 4.21. The lowest BCUT2D eigenvalue weighted by atomic mass is 10.1. The second kappa shape index (κ2) is 7.68. The molecule has 0 spiro atoms. The van der Waals surface area contributed by atoms with E-state index in [4.69, 9.17) is 32.4 Å². The van der Waals surface area contributed by atoms with Crippen molar-refractivity contribution < 1.29 is 13.9 Å². The topological polar surface area (TPSA) is 65.2 Å². The maximum Gasteiger partial charge on any atom is 0.311 e. The van der Waals surface area contributed by atoms with Gasteiger partial charge in [0.05, 0.1) is 6.42 Å². The summed E-state index contributed by atoms with van der Waals surface area (Å²) in [7, 11) is 0. The van der Waals surface area contributed by atoms with Crippen LogP contribution in [0.5, 0.6) is 0 Å². The lowest BCUT2D eigenvalue weighted by molar-refractivity contribution is -0.148. The second-order valence-corrected chi connectivity index (χ2v) is 6.13. The molecule has 1 atom stereocenters. The number of esters is 1. The molecule has 0 fully saturated rings. The molecular weight excluding hydrogens is 363 g/mol. The van der Waals surface area contributed by atoms with Crippen LogP contribution in [0.4, 0.5) is 0 Å². The lowest BCUT2D eigenvalue weighted by Crippen LogP contribution is -2.12. The minimum atomic E-state index is -0.682. The number of hydrogen-bond acceptors (Lipinski definition) is 5. The molecule has 0 aliphatic rings. The van der Waals surface area contributed by atoms with Gasteiger partial charge in [-0.15, -0.1) is 10.2 Å². The van der Waals surface area contributed by atoms with Crippen LogP contribution in [0.3, 0.4) is 0 Å². The van der Waals surface area contributed by atoms with Crippen LogP contribution in [-0.2, 0) is 16.0 Å². The van der Waals surface area contributed by atoms with Crippen LogP contribution in [0.1, 0.15) is 24.5 Å². The normalized spacial score (nSPS) is 12.0. The summed E-state index contributed by atoms with van der Waals surface area (Å²) in [6.45, 7) is 1.66. The summed E-state index contributed by atoms with van der Waals surface area (Å²) in [4.78, 5) is 12.1. The highest BCUT2D eigenvalue weighted by Gasteiger charge is 2.20. The summed E-state index contributed by atoms with van der Waals surface area (Å²) < 4.78 is 10.9. The molecule has 1 heterocycles. The summed E-state index contributed by atoms with van der Waals surface area (Å²) in [5.74, 6) is 0.104. The Morgan fingerprint density at radius 1 is 1.08 bits per heavy atom. The number of aromatic nitrogens is 2. The first-order valence-electron chi connectivity index (χ1n) is 7.56. The van der Waals surface area contributed by atoms with E-state index in [1.165, 1.54) is 0 Å². The van der Waals surface area contributed by atoms with E-state index in [1.807, 2.05) is 30.3 Å². The van der Waals surface area contributed by atoms with Crippen molar-refractivity contribution in [1.82, 2.24) is 10.2 Å². The Hall–Kier alpha value is -2.37. The quantitative estimate of drug-likeness (QED) is 0.593. The summed E-state index contributed by atoms with van der Waals surface area (Å²) in [5, 5.41) is 8.75. The third kappa shape index (κ3) is 4.18. The number of carbonyl (C=O) groups excluding carboxylic acids is 1. The minimum absolute atomic E-state index is 0.0392. The standard InChI is InChI=1S/C18H14Cl2N2O3/c1-11(17-21-22-18(25-17)12-6-3-2-4-7-12)24-16(23)10-13-14(19)8-5-9-15(13)20/h2-9,11H,10H2,1H3/t11-/m1/s1. The second-order valence-electron chi connectivity index (χ2n) is 5.32. The van der Waals surface area contributed by atoms with Gasteiger partial charge in [-0.2, -0.15) is 0 Å². The van der Waals surface area contributed by atoms with Gasteiger partial charge in [-0.1, -0.05) is 47.5 Å². The van der Waals surface area contributed by atoms with Crippen molar-refractivity contribution >= 4 is 29.2 Å². The molecule has 0 aliphatic heterocycles. The Labute approximate surface area is 154 Å². The molecule has 0 amide bonds. The summed E-state index contributed by atoms with van der Waals surface area (Å²) in [6, 6.07) is 14.4. The first-order valence-corrected chi connectivity index (χ1v) is 8.31. The molecule has 0 saturated carbocycles. The predicted octanol–water partition coefficient (Wildman–Crippen LogP) is 4.89. The Morgan fingerprint density at radius 2 is 1.76 bits per heavy atom. The van der Waals surface area contributed by atoms with E-state index in [-0.39, 0.29) is 12.3 Å². The maximum atomic E-state index is 12.1. The van der Waals surface area contributed by atoms with Gasteiger partial charge in [-0.25, -0.2) is 0 Å². The third-order valence-electron chi connectivity index (χ3n) is 3.50. The fourth-order valence-corrected chi connectivity index (χ4v) is 2.76. The minimum Gasteiger partial charge on any atom is -0.452 e. The van der Waals surface area contributed by atoms with Crippen molar-refractivity contribution in [2.45, 2.75) is 19.4 Å². The molecule has 3 rings (SSSR count). The smallest absolute Gasteiger partial charge is 0.311 e. The molecule has 0 aliphatic carbocycles. The zero-order valence-electron chi connectivity index (χ0n) is 13.3. The van der Waals surface area contributed by atoms with Crippen molar-refractivity contribution in [1.29, 1.82) is 0 Å². The van der Waals surface area contributed by atoms with Gasteiger partial charge >= 0.3 is 5.97 Å². The molecule has 7 heteroatoms. The van der Waals surface area contributed by atoms with Gasteiger partial charge in [0.1, 0.15) is 0 Å². The van der Waals surface area contributed by atoms with Gasteiger partial charge in [0.2, 0.25) is 5.89 Å². The zero-order chi connectivity index (χ0) is 17.8. The Morgan fingerprint density at radius 3 is 2.44 bits per heavy atom. The van der Waals surface area contributed by atoms with Gasteiger partial charge < -0.3 is 9.15 Å². The van der Waals surface area contributed by atoms with Crippen molar-refractivity contribution in [3.63, 3.8) is 0 Å². The van der Waals surface area contributed by atoms with Crippen LogP contribution in [0, 0.1) is 0 Å². The zero-order valence-corrected chi connectivity index (χ0v) is 14.8. The van der Waals surface area contributed by atoms with E-state index in [9.17, 15) is 4.79 Å². The number of halogens is 2. The molecular formula is C18H14Cl2N2O3. The molecule has 0 N–H and O–H groups in total. The van der Waals surface area contributed by atoms with Crippen molar-refractivity contribution in [2.75, 3.05) is 0 Å². The SMILES string of the molecule is C[C@@H](OC(=O)Cc1c(Cl)cccc1Cl)c1nnc(-c2ccccc2)o1. The van der Waals surface area contributed by atoms with Gasteiger partial charge in [-0.05, 0) is 31.2 Å². The molecule has 0 bridgehead atoms. The number of carbonyl (C=O) groups is 1. The molecule has 2 aromatic carbocycles. The van der Waals surface area contributed by atoms with Crippen LogP contribution in [0.15, 0.2) is 52.9 Å². The van der Waals surface area contributed by atoms with E-state index in [0.717, 1.165) is 5.56 Å². The fourth-order valence-electron chi connectivity index (χ4n) is 2.23. The van der Waals surface area contributed by atoms with Crippen molar-refractivity contribution in [3.8, 4) is 11.5 Å². The lowest BCUT2D eigenvalue weighted by Gasteiger charge is -2.11. The average molecular weight is 377 g/mol. The number of nitrogens with zero attached hydrogens (tertiary/aromatic N) is 2. The predicted molar refractivity (Wildman–Crippen MR) is 94.4 cm³/mol.